The largest absolute Gasteiger partial charge is 0.469 e. The molecule has 3 rings (SSSR count). The Bertz CT molecular complexity index is 709. The summed E-state index contributed by atoms with van der Waals surface area (Å²) in [6, 6.07) is 7.74. The summed E-state index contributed by atoms with van der Waals surface area (Å²) in [6.45, 7) is 4.90. The van der Waals surface area contributed by atoms with Crippen molar-refractivity contribution in [2.24, 2.45) is 0 Å². The number of imidazole rings is 1. The number of aromatic nitrogens is 2. The summed E-state index contributed by atoms with van der Waals surface area (Å²) in [7, 11) is 0. The van der Waals surface area contributed by atoms with E-state index in [0.29, 0.717) is 0 Å². The lowest BCUT2D eigenvalue weighted by Gasteiger charge is -2.05. The Balaban J connectivity index is 2.33. The van der Waals surface area contributed by atoms with Crippen LogP contribution in [0.15, 0.2) is 34.9 Å². The first-order valence-corrected chi connectivity index (χ1v) is 6.01. The molecule has 2 heterocycles. The monoisotopic (exact) mass is 241 g/mol. The van der Waals surface area contributed by atoms with Gasteiger partial charge in [0.05, 0.1) is 22.9 Å². The fourth-order valence-corrected chi connectivity index (χ4v) is 2.28. The highest BCUT2D eigenvalue weighted by atomic mass is 16.3. The molecular weight excluding hydrogens is 226 g/mol. The number of benzene rings is 1. The molecule has 2 aromatic heterocycles. The molecule has 4 nitrogen and oxygen atoms in total. The number of nitrogens with two attached hydrogens (primary N) is 1. The van der Waals surface area contributed by atoms with Gasteiger partial charge in [0.2, 0.25) is 0 Å². The van der Waals surface area contributed by atoms with Crippen LogP contribution in [-0.2, 0) is 6.54 Å². The van der Waals surface area contributed by atoms with Crippen molar-refractivity contribution in [2.75, 3.05) is 5.73 Å². The highest BCUT2D eigenvalue weighted by molar-refractivity contribution is 5.83. The van der Waals surface area contributed by atoms with Crippen LogP contribution in [0, 0.1) is 6.92 Å². The van der Waals surface area contributed by atoms with E-state index in [-0.39, 0.29) is 0 Å². The van der Waals surface area contributed by atoms with Crippen LogP contribution >= 0.6 is 0 Å². The summed E-state index contributed by atoms with van der Waals surface area (Å²) >= 11 is 0. The molecular formula is C14H15N3O. The number of nitrogen functional groups attached to an aromatic ring is 1. The van der Waals surface area contributed by atoms with Gasteiger partial charge in [0.15, 0.2) is 0 Å². The zero-order valence-electron chi connectivity index (χ0n) is 10.5. The fraction of sp³-hybridized carbons (Fsp3) is 0.214. The Hall–Kier alpha value is -2.23. The average molecular weight is 241 g/mol. The minimum atomic E-state index is 0.757. The number of fused-ring (bicyclic) bond motifs is 1. The van der Waals surface area contributed by atoms with Crippen molar-refractivity contribution in [1.29, 1.82) is 0 Å². The molecule has 0 aliphatic carbocycles. The molecule has 4 heteroatoms. The van der Waals surface area contributed by atoms with Gasteiger partial charge in [-0.05, 0) is 38.1 Å². The van der Waals surface area contributed by atoms with E-state index in [0.717, 1.165) is 40.4 Å². The van der Waals surface area contributed by atoms with Crippen molar-refractivity contribution >= 4 is 16.7 Å². The summed E-state index contributed by atoms with van der Waals surface area (Å²) < 4.78 is 7.52. The quantitative estimate of drug-likeness (QED) is 0.701. The number of anilines is 1. The van der Waals surface area contributed by atoms with E-state index in [1.165, 1.54) is 0 Å². The Morgan fingerprint density at radius 3 is 2.83 bits per heavy atom. The van der Waals surface area contributed by atoms with Crippen molar-refractivity contribution in [3.05, 3.63) is 36.3 Å². The number of furan rings is 1. The smallest absolute Gasteiger partial charge is 0.144 e. The predicted octanol–water partition coefficient (Wildman–Crippen LogP) is 3.21. The molecule has 0 fully saturated rings. The summed E-state index contributed by atoms with van der Waals surface area (Å²) in [6.07, 6.45) is 1.69. The summed E-state index contributed by atoms with van der Waals surface area (Å²) in [5.74, 6) is 1.82. The van der Waals surface area contributed by atoms with Crippen LogP contribution < -0.4 is 5.73 Å². The first-order valence-electron chi connectivity index (χ1n) is 6.01. The Labute approximate surface area is 105 Å². The molecule has 0 aliphatic rings. The molecule has 92 valence electrons. The van der Waals surface area contributed by atoms with E-state index in [1.807, 2.05) is 31.2 Å². The van der Waals surface area contributed by atoms with E-state index in [1.54, 1.807) is 6.26 Å². The Kier molecular flexibility index (Phi) is 2.37. The molecule has 0 saturated heterocycles. The summed E-state index contributed by atoms with van der Waals surface area (Å²) in [5.41, 5.74) is 9.66. The third-order valence-corrected chi connectivity index (χ3v) is 3.19. The van der Waals surface area contributed by atoms with Crippen LogP contribution in [0.25, 0.3) is 22.4 Å². The molecule has 0 aliphatic heterocycles. The third-order valence-electron chi connectivity index (χ3n) is 3.19. The van der Waals surface area contributed by atoms with Crippen LogP contribution in [0.3, 0.4) is 0 Å². The van der Waals surface area contributed by atoms with Gasteiger partial charge in [-0.15, -0.1) is 0 Å². The highest BCUT2D eigenvalue weighted by Gasteiger charge is 2.14. The average Bonchev–Trinajstić information content (AvgIpc) is 2.91. The third kappa shape index (κ3) is 1.49. The van der Waals surface area contributed by atoms with Crippen LogP contribution in [0.2, 0.25) is 0 Å². The first kappa shape index (κ1) is 10.9. The molecule has 0 atom stereocenters. The lowest BCUT2D eigenvalue weighted by molar-refractivity contribution is 0.534. The molecule has 2 N–H and O–H groups in total. The summed E-state index contributed by atoms with van der Waals surface area (Å²) in [5, 5.41) is 0. The lowest BCUT2D eigenvalue weighted by atomic mass is 10.2. The number of rotatable bonds is 2. The minimum absolute atomic E-state index is 0.757. The second kappa shape index (κ2) is 3.91. The molecule has 0 radical (unpaired) electrons. The van der Waals surface area contributed by atoms with Gasteiger partial charge in [-0.1, -0.05) is 0 Å². The van der Waals surface area contributed by atoms with Gasteiger partial charge in [-0.3, -0.25) is 0 Å². The molecule has 0 unspecified atom stereocenters. The van der Waals surface area contributed by atoms with Gasteiger partial charge >= 0.3 is 0 Å². The highest BCUT2D eigenvalue weighted by Crippen LogP contribution is 2.28. The zero-order chi connectivity index (χ0) is 12.7. The van der Waals surface area contributed by atoms with Crippen LogP contribution in [0.4, 0.5) is 5.69 Å². The second-order valence-corrected chi connectivity index (χ2v) is 4.32. The molecule has 3 aromatic rings. The molecule has 0 saturated carbocycles. The van der Waals surface area contributed by atoms with Gasteiger partial charge < -0.3 is 14.7 Å². The predicted molar refractivity (Wildman–Crippen MR) is 72.3 cm³/mol. The van der Waals surface area contributed by atoms with Crippen molar-refractivity contribution in [2.45, 2.75) is 20.4 Å². The van der Waals surface area contributed by atoms with Gasteiger partial charge in [-0.2, -0.15) is 0 Å². The number of hydrogen-bond donors (Lipinski definition) is 1. The molecule has 1 aromatic carbocycles. The minimum Gasteiger partial charge on any atom is -0.469 e. The fourth-order valence-electron chi connectivity index (χ4n) is 2.28. The van der Waals surface area contributed by atoms with E-state index < -0.39 is 0 Å². The Morgan fingerprint density at radius 2 is 2.17 bits per heavy atom. The lowest BCUT2D eigenvalue weighted by Crippen LogP contribution is -1.97. The standard InChI is InChI=1S/C14H15N3O/c1-3-17-13-8-10(15)4-5-12(13)16-14(17)11-6-7-18-9(11)2/h4-8H,3,15H2,1-2H3. The van der Waals surface area contributed by atoms with E-state index in [9.17, 15) is 0 Å². The van der Waals surface area contributed by atoms with Crippen molar-refractivity contribution in [3.8, 4) is 11.4 Å². The van der Waals surface area contributed by atoms with Crippen molar-refractivity contribution in [3.63, 3.8) is 0 Å². The van der Waals surface area contributed by atoms with Gasteiger partial charge in [-0.25, -0.2) is 4.98 Å². The maximum Gasteiger partial charge on any atom is 0.144 e. The first-order chi connectivity index (χ1) is 8.70. The summed E-state index contributed by atoms with van der Waals surface area (Å²) in [4.78, 5) is 4.68. The maximum absolute atomic E-state index is 5.85. The molecule has 18 heavy (non-hydrogen) atoms. The maximum atomic E-state index is 5.85. The van der Waals surface area contributed by atoms with Crippen LogP contribution in [0.5, 0.6) is 0 Å². The Morgan fingerprint density at radius 1 is 1.33 bits per heavy atom. The number of nitrogens with zero attached hydrogens (tertiary/aromatic N) is 2. The van der Waals surface area contributed by atoms with E-state index in [4.69, 9.17) is 10.2 Å². The van der Waals surface area contributed by atoms with Gasteiger partial charge in [0.25, 0.3) is 0 Å². The van der Waals surface area contributed by atoms with E-state index >= 15 is 0 Å². The topological polar surface area (TPSA) is 57.0 Å². The number of hydrogen-bond acceptors (Lipinski definition) is 3. The van der Waals surface area contributed by atoms with Gasteiger partial charge in [0.1, 0.15) is 11.6 Å². The van der Waals surface area contributed by atoms with Gasteiger partial charge in [0, 0.05) is 12.2 Å². The van der Waals surface area contributed by atoms with Crippen LogP contribution in [-0.4, -0.2) is 9.55 Å². The molecule has 0 bridgehead atoms. The van der Waals surface area contributed by atoms with Crippen molar-refractivity contribution < 1.29 is 4.42 Å². The van der Waals surface area contributed by atoms with Crippen molar-refractivity contribution in [1.82, 2.24) is 9.55 Å². The SMILES string of the molecule is CCn1c(-c2ccoc2C)nc2ccc(N)cc21. The molecule has 0 amide bonds. The van der Waals surface area contributed by atoms with E-state index in [2.05, 4.69) is 16.5 Å². The zero-order valence-corrected chi connectivity index (χ0v) is 10.5. The molecule has 0 spiro atoms. The number of aryl methyl sites for hydroxylation is 2. The second-order valence-electron chi connectivity index (χ2n) is 4.32. The van der Waals surface area contributed by atoms with Crippen LogP contribution in [0.1, 0.15) is 12.7 Å². The normalized spacial score (nSPS) is 11.2.